The number of carboxylic acid groups (broad SMARTS) is 1. The lowest BCUT2D eigenvalue weighted by molar-refractivity contribution is 0.0692. The van der Waals surface area contributed by atoms with Crippen molar-refractivity contribution in [2.45, 2.75) is 5.16 Å². The van der Waals surface area contributed by atoms with E-state index in [4.69, 9.17) is 15.6 Å². The number of nitrogen functional groups attached to an aromatic ring is 1. The number of carboxylic acids is 1. The largest absolute Gasteiger partial charge is 0.492 e. The number of carbonyl (C=O) groups is 1. The first-order chi connectivity index (χ1) is 9.16. The van der Waals surface area contributed by atoms with E-state index in [1.54, 1.807) is 18.2 Å². The van der Waals surface area contributed by atoms with Gasteiger partial charge in [-0.2, -0.15) is 4.98 Å². The zero-order valence-electron chi connectivity index (χ0n) is 9.87. The Labute approximate surface area is 113 Å². The van der Waals surface area contributed by atoms with Crippen LogP contribution in [0.1, 0.15) is 10.4 Å². The monoisotopic (exact) mass is 280 g/mol. The number of hydrogen-bond acceptors (Lipinski definition) is 6. The van der Waals surface area contributed by atoms with E-state index in [0.29, 0.717) is 23.3 Å². The molecule has 0 atom stereocenters. The van der Waals surface area contributed by atoms with Crippen LogP contribution in [0.2, 0.25) is 0 Å². The van der Waals surface area contributed by atoms with Gasteiger partial charge in [-0.25, -0.2) is 9.89 Å². The summed E-state index contributed by atoms with van der Waals surface area (Å²) in [4.78, 5) is 14.9. The minimum atomic E-state index is -1.01. The Bertz CT molecular complexity index is 573. The van der Waals surface area contributed by atoms with E-state index in [2.05, 4.69) is 15.2 Å². The Hall–Kier alpha value is -2.22. The third-order valence-electron chi connectivity index (χ3n) is 2.17. The molecule has 1 aromatic carbocycles. The standard InChI is InChI=1S/C11H12N4O3S/c12-10-13-11(15-14-10)19-6-5-18-8-4-2-1-3-7(8)9(16)17/h1-4H,5-6H2,(H,16,17)(H3,12,13,14,15). The maximum atomic E-state index is 11.0. The van der Waals surface area contributed by atoms with Gasteiger partial charge in [-0.3, -0.25) is 0 Å². The lowest BCUT2D eigenvalue weighted by atomic mass is 10.2. The molecule has 0 unspecified atom stereocenters. The molecule has 0 amide bonds. The quantitative estimate of drug-likeness (QED) is 0.539. The number of H-pyrrole nitrogens is 1. The lowest BCUT2D eigenvalue weighted by Crippen LogP contribution is -2.05. The van der Waals surface area contributed by atoms with Crippen LogP contribution in [0, 0.1) is 0 Å². The molecule has 19 heavy (non-hydrogen) atoms. The molecule has 2 rings (SSSR count). The summed E-state index contributed by atoms with van der Waals surface area (Å²) >= 11 is 1.37. The van der Waals surface area contributed by atoms with Crippen LogP contribution in [-0.4, -0.2) is 38.6 Å². The number of nitrogens with zero attached hydrogens (tertiary/aromatic N) is 2. The summed E-state index contributed by atoms with van der Waals surface area (Å²) in [6, 6.07) is 6.51. The van der Waals surface area contributed by atoms with Crippen LogP contribution >= 0.6 is 11.8 Å². The summed E-state index contributed by atoms with van der Waals surface area (Å²) < 4.78 is 5.43. The molecule has 1 heterocycles. The number of aromatic amines is 1. The van der Waals surface area contributed by atoms with Crippen molar-refractivity contribution in [1.29, 1.82) is 0 Å². The van der Waals surface area contributed by atoms with Gasteiger partial charge in [0.05, 0.1) is 6.61 Å². The molecule has 0 spiro atoms. The van der Waals surface area contributed by atoms with Gasteiger partial charge in [0.2, 0.25) is 11.1 Å². The molecule has 2 aromatic rings. The molecule has 1 aromatic heterocycles. The highest BCUT2D eigenvalue weighted by molar-refractivity contribution is 7.99. The number of rotatable bonds is 6. The number of aromatic nitrogens is 3. The molecule has 0 bridgehead atoms. The summed E-state index contributed by atoms with van der Waals surface area (Å²) in [7, 11) is 0. The SMILES string of the molecule is Nc1nc(SCCOc2ccccc2C(=O)O)n[nH]1. The molecule has 7 nitrogen and oxygen atoms in total. The van der Waals surface area contributed by atoms with Crippen molar-refractivity contribution in [2.24, 2.45) is 0 Å². The van der Waals surface area contributed by atoms with Crippen molar-refractivity contribution in [3.05, 3.63) is 29.8 Å². The topological polar surface area (TPSA) is 114 Å². The molecule has 0 radical (unpaired) electrons. The predicted molar refractivity (Wildman–Crippen MR) is 70.4 cm³/mol. The minimum Gasteiger partial charge on any atom is -0.492 e. The summed E-state index contributed by atoms with van der Waals surface area (Å²) in [6.45, 7) is 0.351. The van der Waals surface area contributed by atoms with E-state index < -0.39 is 5.97 Å². The molecular weight excluding hydrogens is 268 g/mol. The number of nitrogens with one attached hydrogen (secondary N) is 1. The van der Waals surface area contributed by atoms with Crippen molar-refractivity contribution in [3.63, 3.8) is 0 Å². The van der Waals surface area contributed by atoms with Crippen LogP contribution in [-0.2, 0) is 0 Å². The second-order valence-corrected chi connectivity index (χ2v) is 4.56. The summed E-state index contributed by atoms with van der Waals surface area (Å²) in [5.74, 6) is 0.195. The first-order valence-electron chi connectivity index (χ1n) is 5.42. The van der Waals surface area contributed by atoms with Gasteiger partial charge in [-0.15, -0.1) is 5.10 Å². The Morgan fingerprint density at radius 3 is 2.95 bits per heavy atom. The van der Waals surface area contributed by atoms with Gasteiger partial charge < -0.3 is 15.6 Å². The van der Waals surface area contributed by atoms with E-state index in [1.165, 1.54) is 17.8 Å². The van der Waals surface area contributed by atoms with Gasteiger partial charge >= 0.3 is 5.97 Å². The van der Waals surface area contributed by atoms with Crippen LogP contribution in [0.15, 0.2) is 29.4 Å². The molecule has 4 N–H and O–H groups in total. The highest BCUT2D eigenvalue weighted by Crippen LogP contribution is 2.19. The van der Waals surface area contributed by atoms with Gasteiger partial charge in [-0.1, -0.05) is 23.9 Å². The van der Waals surface area contributed by atoms with E-state index in [0.717, 1.165) is 0 Å². The van der Waals surface area contributed by atoms with Crippen LogP contribution in [0.25, 0.3) is 0 Å². The number of thioether (sulfide) groups is 1. The van der Waals surface area contributed by atoms with Crippen molar-refractivity contribution < 1.29 is 14.6 Å². The van der Waals surface area contributed by atoms with Gasteiger partial charge in [0.15, 0.2) is 0 Å². The second-order valence-electron chi connectivity index (χ2n) is 3.50. The van der Waals surface area contributed by atoms with E-state index in [-0.39, 0.29) is 11.5 Å². The van der Waals surface area contributed by atoms with E-state index in [9.17, 15) is 4.79 Å². The van der Waals surface area contributed by atoms with Gasteiger partial charge in [-0.05, 0) is 12.1 Å². The maximum absolute atomic E-state index is 11.0. The fraction of sp³-hybridized carbons (Fsp3) is 0.182. The van der Waals surface area contributed by atoms with Crippen molar-refractivity contribution in [3.8, 4) is 5.75 Å². The van der Waals surface area contributed by atoms with Crippen molar-refractivity contribution in [2.75, 3.05) is 18.1 Å². The molecule has 8 heteroatoms. The fourth-order valence-corrected chi connectivity index (χ4v) is 2.00. The molecular formula is C11H12N4O3S. The highest BCUT2D eigenvalue weighted by Gasteiger charge is 2.10. The normalized spacial score (nSPS) is 10.3. The fourth-order valence-electron chi connectivity index (χ4n) is 1.38. The Morgan fingerprint density at radius 1 is 1.47 bits per heavy atom. The van der Waals surface area contributed by atoms with Gasteiger partial charge in [0, 0.05) is 5.75 Å². The van der Waals surface area contributed by atoms with Crippen LogP contribution in [0.4, 0.5) is 5.95 Å². The summed E-state index contributed by atoms with van der Waals surface area (Å²) in [6.07, 6.45) is 0. The number of benzene rings is 1. The lowest BCUT2D eigenvalue weighted by Gasteiger charge is -2.07. The Balaban J connectivity index is 1.84. The molecule has 100 valence electrons. The van der Waals surface area contributed by atoms with Gasteiger partial charge in [0.1, 0.15) is 11.3 Å². The molecule has 0 fully saturated rings. The smallest absolute Gasteiger partial charge is 0.339 e. The zero-order valence-corrected chi connectivity index (χ0v) is 10.7. The molecule has 0 aliphatic carbocycles. The van der Waals surface area contributed by atoms with Crippen LogP contribution < -0.4 is 10.5 Å². The number of nitrogens with two attached hydrogens (primary N) is 1. The van der Waals surface area contributed by atoms with E-state index >= 15 is 0 Å². The van der Waals surface area contributed by atoms with Crippen molar-refractivity contribution >= 4 is 23.7 Å². The third-order valence-corrected chi connectivity index (χ3v) is 2.98. The van der Waals surface area contributed by atoms with Crippen molar-refractivity contribution in [1.82, 2.24) is 15.2 Å². The average Bonchev–Trinajstić information content (AvgIpc) is 2.81. The Morgan fingerprint density at radius 2 is 2.26 bits per heavy atom. The van der Waals surface area contributed by atoms with Crippen LogP contribution in [0.3, 0.4) is 0 Å². The first kappa shape index (κ1) is 13.2. The first-order valence-corrected chi connectivity index (χ1v) is 6.41. The zero-order chi connectivity index (χ0) is 13.7. The average molecular weight is 280 g/mol. The molecule has 0 saturated carbocycles. The molecule has 0 saturated heterocycles. The number of hydrogen-bond donors (Lipinski definition) is 3. The number of ether oxygens (including phenoxy) is 1. The second kappa shape index (κ2) is 6.10. The van der Waals surface area contributed by atoms with E-state index in [1.807, 2.05) is 0 Å². The molecule has 0 aliphatic rings. The maximum Gasteiger partial charge on any atom is 0.339 e. The number of para-hydroxylation sites is 1. The molecule has 0 aliphatic heterocycles. The third kappa shape index (κ3) is 3.62. The minimum absolute atomic E-state index is 0.148. The van der Waals surface area contributed by atoms with Crippen LogP contribution in [0.5, 0.6) is 5.75 Å². The summed E-state index contributed by atoms with van der Waals surface area (Å²) in [5, 5.41) is 15.9. The van der Waals surface area contributed by atoms with Gasteiger partial charge in [0.25, 0.3) is 0 Å². The highest BCUT2D eigenvalue weighted by atomic mass is 32.2. The summed E-state index contributed by atoms with van der Waals surface area (Å²) in [5.41, 5.74) is 5.54. The Kier molecular flexibility index (Phi) is 4.24. The number of aromatic carboxylic acids is 1. The predicted octanol–water partition coefficient (Wildman–Crippen LogP) is 1.26. The number of anilines is 1.